The molecule has 4 heteroatoms. The Morgan fingerprint density at radius 3 is 2.94 bits per heavy atom. The molecule has 0 bridgehead atoms. The summed E-state index contributed by atoms with van der Waals surface area (Å²) in [5.74, 6) is -0.0573. The van der Waals surface area contributed by atoms with Crippen LogP contribution in [0, 0.1) is 17.2 Å². The van der Waals surface area contributed by atoms with Crippen LogP contribution >= 0.6 is 11.8 Å². The molecule has 2 unspecified atom stereocenters. The Kier molecular flexibility index (Phi) is 3.39. The fourth-order valence-corrected chi connectivity index (χ4v) is 2.93. The number of fused-ring (bicyclic) bond motifs is 1. The van der Waals surface area contributed by atoms with Crippen molar-refractivity contribution < 1.29 is 4.79 Å². The number of nitriles is 1. The van der Waals surface area contributed by atoms with E-state index >= 15 is 0 Å². The van der Waals surface area contributed by atoms with E-state index in [2.05, 4.69) is 6.07 Å². The molecule has 1 aliphatic rings. The Morgan fingerprint density at radius 2 is 2.24 bits per heavy atom. The summed E-state index contributed by atoms with van der Waals surface area (Å²) in [7, 11) is 0. The molecule has 1 amide bonds. The van der Waals surface area contributed by atoms with Crippen LogP contribution in [0.4, 0.5) is 5.69 Å². The molecule has 1 heterocycles. The quantitative estimate of drug-likeness (QED) is 0.805. The maximum atomic E-state index is 12.1. The predicted molar refractivity (Wildman–Crippen MR) is 68.9 cm³/mol. The molecule has 0 aliphatic carbocycles. The minimum absolute atomic E-state index is 0.0733. The molecule has 0 fully saturated rings. The summed E-state index contributed by atoms with van der Waals surface area (Å²) in [6.45, 7) is 4.21. The van der Waals surface area contributed by atoms with Gasteiger partial charge in [0.05, 0.1) is 22.9 Å². The van der Waals surface area contributed by atoms with Crippen molar-refractivity contribution in [2.45, 2.75) is 24.0 Å². The maximum Gasteiger partial charge on any atom is 0.240 e. The van der Waals surface area contributed by atoms with Gasteiger partial charge in [-0.1, -0.05) is 12.1 Å². The van der Waals surface area contributed by atoms with Gasteiger partial charge in [0.25, 0.3) is 0 Å². The number of carbonyl (C=O) groups is 1. The average molecular weight is 246 g/mol. The summed E-state index contributed by atoms with van der Waals surface area (Å²) in [6.07, 6.45) is 0. The van der Waals surface area contributed by atoms with Gasteiger partial charge in [0.1, 0.15) is 0 Å². The van der Waals surface area contributed by atoms with E-state index in [0.717, 1.165) is 10.6 Å². The summed E-state index contributed by atoms with van der Waals surface area (Å²) >= 11 is 1.58. The highest BCUT2D eigenvalue weighted by atomic mass is 32.2. The van der Waals surface area contributed by atoms with Gasteiger partial charge in [-0.2, -0.15) is 5.26 Å². The molecular weight excluding hydrogens is 232 g/mol. The van der Waals surface area contributed by atoms with Crippen LogP contribution < -0.4 is 4.90 Å². The Morgan fingerprint density at radius 1 is 1.53 bits per heavy atom. The zero-order valence-corrected chi connectivity index (χ0v) is 10.7. The third-order valence-corrected chi connectivity index (χ3v) is 3.90. The Labute approximate surface area is 105 Å². The van der Waals surface area contributed by atoms with Crippen LogP contribution in [0.1, 0.15) is 13.8 Å². The van der Waals surface area contributed by atoms with E-state index in [1.165, 1.54) is 0 Å². The van der Waals surface area contributed by atoms with Crippen molar-refractivity contribution in [1.29, 1.82) is 5.26 Å². The lowest BCUT2D eigenvalue weighted by atomic mass is 10.1. The molecule has 88 valence electrons. The van der Waals surface area contributed by atoms with E-state index in [1.54, 1.807) is 16.7 Å². The number of hydrogen-bond acceptors (Lipinski definition) is 3. The second-order valence-corrected chi connectivity index (χ2v) is 5.59. The summed E-state index contributed by atoms with van der Waals surface area (Å²) in [5, 5.41) is 8.80. The predicted octanol–water partition coefficient (Wildman–Crippen LogP) is 2.67. The number of benzene rings is 1. The fraction of sp³-hybridized carbons (Fsp3) is 0.385. The Hall–Kier alpha value is -1.47. The zero-order chi connectivity index (χ0) is 12.4. The summed E-state index contributed by atoms with van der Waals surface area (Å²) in [5.41, 5.74) is 0.933. The number of anilines is 1. The molecule has 0 N–H and O–H groups in total. The van der Waals surface area contributed by atoms with Crippen molar-refractivity contribution in [2.24, 2.45) is 5.92 Å². The topological polar surface area (TPSA) is 44.1 Å². The highest BCUT2D eigenvalue weighted by Crippen LogP contribution is 2.38. The molecule has 2 atom stereocenters. The third kappa shape index (κ3) is 2.29. The fourth-order valence-electron chi connectivity index (χ4n) is 1.86. The molecule has 0 aromatic heterocycles. The van der Waals surface area contributed by atoms with Crippen LogP contribution in [-0.4, -0.2) is 17.7 Å². The van der Waals surface area contributed by atoms with Crippen molar-refractivity contribution in [1.82, 2.24) is 0 Å². The normalized spacial score (nSPS) is 20.6. The van der Waals surface area contributed by atoms with Gasteiger partial charge in [-0.25, -0.2) is 0 Å². The van der Waals surface area contributed by atoms with E-state index in [9.17, 15) is 4.79 Å². The van der Waals surface area contributed by atoms with Gasteiger partial charge in [0, 0.05) is 11.4 Å². The van der Waals surface area contributed by atoms with Gasteiger partial charge in [-0.05, 0) is 26.0 Å². The maximum absolute atomic E-state index is 12.1. The molecule has 3 nitrogen and oxygen atoms in total. The second-order valence-electron chi connectivity index (χ2n) is 4.21. The van der Waals surface area contributed by atoms with Gasteiger partial charge < -0.3 is 4.90 Å². The van der Waals surface area contributed by atoms with Crippen molar-refractivity contribution in [3.8, 4) is 6.07 Å². The molecule has 2 rings (SSSR count). The number of hydrogen-bond donors (Lipinski definition) is 0. The van der Waals surface area contributed by atoms with Crippen LogP contribution in [-0.2, 0) is 4.79 Å². The zero-order valence-electron chi connectivity index (χ0n) is 9.88. The van der Waals surface area contributed by atoms with Crippen molar-refractivity contribution in [3.63, 3.8) is 0 Å². The number of carbonyl (C=O) groups excluding carboxylic acids is 1. The number of nitrogens with zero attached hydrogens (tertiary/aromatic N) is 2. The number of amides is 1. The minimum atomic E-state index is -0.151. The first-order valence-electron chi connectivity index (χ1n) is 5.60. The lowest BCUT2D eigenvalue weighted by molar-refractivity contribution is -0.118. The van der Waals surface area contributed by atoms with E-state index in [-0.39, 0.29) is 17.1 Å². The number of rotatable bonds is 2. The average Bonchev–Trinajstić information content (AvgIpc) is 2.34. The van der Waals surface area contributed by atoms with Gasteiger partial charge in [-0.3, -0.25) is 4.79 Å². The standard InChI is InChI=1S/C13H14N2OS/c1-9(7-14)8-15-11-5-3-4-6-12(11)17-10(2)13(15)16/h3-6,9-10H,8H2,1-2H3. The molecule has 0 spiro atoms. The molecule has 0 radical (unpaired) electrons. The SMILES string of the molecule is CC(C#N)CN1C(=O)C(C)Sc2ccccc21. The third-order valence-electron chi connectivity index (χ3n) is 2.75. The first-order chi connectivity index (χ1) is 8.13. The highest BCUT2D eigenvalue weighted by molar-refractivity contribution is 8.00. The van der Waals surface area contributed by atoms with Crippen molar-refractivity contribution in [3.05, 3.63) is 24.3 Å². The molecule has 1 aliphatic heterocycles. The summed E-state index contributed by atoms with van der Waals surface area (Å²) in [4.78, 5) is 15.0. The van der Waals surface area contributed by atoms with E-state index < -0.39 is 0 Å². The van der Waals surface area contributed by atoms with Gasteiger partial charge >= 0.3 is 0 Å². The number of para-hydroxylation sites is 1. The van der Waals surface area contributed by atoms with Crippen molar-refractivity contribution >= 4 is 23.4 Å². The van der Waals surface area contributed by atoms with Crippen LogP contribution in [0.2, 0.25) is 0 Å². The first-order valence-corrected chi connectivity index (χ1v) is 6.48. The van der Waals surface area contributed by atoms with E-state index in [1.807, 2.05) is 38.1 Å². The largest absolute Gasteiger partial charge is 0.309 e. The van der Waals surface area contributed by atoms with Crippen molar-refractivity contribution in [2.75, 3.05) is 11.4 Å². The smallest absolute Gasteiger partial charge is 0.240 e. The van der Waals surface area contributed by atoms with Crippen LogP contribution in [0.3, 0.4) is 0 Å². The number of thioether (sulfide) groups is 1. The second kappa shape index (κ2) is 4.80. The monoisotopic (exact) mass is 246 g/mol. The molecule has 0 saturated carbocycles. The van der Waals surface area contributed by atoms with Crippen LogP contribution in [0.25, 0.3) is 0 Å². The molecule has 1 aromatic rings. The molecule has 1 aromatic carbocycles. The highest BCUT2D eigenvalue weighted by Gasteiger charge is 2.30. The lowest BCUT2D eigenvalue weighted by Gasteiger charge is -2.32. The lowest BCUT2D eigenvalue weighted by Crippen LogP contribution is -2.42. The van der Waals surface area contributed by atoms with Gasteiger partial charge in [-0.15, -0.1) is 11.8 Å². The van der Waals surface area contributed by atoms with E-state index in [4.69, 9.17) is 5.26 Å². The molecule has 17 heavy (non-hydrogen) atoms. The Bertz CT molecular complexity index is 481. The van der Waals surface area contributed by atoms with Gasteiger partial charge in [0.2, 0.25) is 5.91 Å². The van der Waals surface area contributed by atoms with Gasteiger partial charge in [0.15, 0.2) is 0 Å². The molecule has 0 saturated heterocycles. The van der Waals surface area contributed by atoms with E-state index in [0.29, 0.717) is 6.54 Å². The summed E-state index contributed by atoms with van der Waals surface area (Å²) < 4.78 is 0. The first kappa shape index (κ1) is 12.0. The molecular formula is C13H14N2OS. The Balaban J connectivity index is 2.36. The summed E-state index contributed by atoms with van der Waals surface area (Å²) in [6, 6.07) is 10.0. The minimum Gasteiger partial charge on any atom is -0.309 e. The van der Waals surface area contributed by atoms with Crippen LogP contribution in [0.15, 0.2) is 29.2 Å². The van der Waals surface area contributed by atoms with Crippen LogP contribution in [0.5, 0.6) is 0 Å².